The van der Waals surface area contributed by atoms with Crippen LogP contribution in [0.1, 0.15) is 18.3 Å². The van der Waals surface area contributed by atoms with E-state index in [4.69, 9.17) is 46.4 Å². The van der Waals surface area contributed by atoms with E-state index in [1.165, 1.54) is 0 Å². The summed E-state index contributed by atoms with van der Waals surface area (Å²) in [5.41, 5.74) is 2.48. The molecule has 0 bridgehead atoms. The van der Waals surface area contributed by atoms with Gasteiger partial charge in [-0.3, -0.25) is 4.68 Å². The fraction of sp³-hybridized carbons (Fsp3) is 0.308. The summed E-state index contributed by atoms with van der Waals surface area (Å²) in [6.07, 6.45) is 0.792. The lowest BCUT2D eigenvalue weighted by molar-refractivity contribution is 0.707. The van der Waals surface area contributed by atoms with Gasteiger partial charge in [0, 0.05) is 7.05 Å². The average molecular weight is 353 g/mol. The van der Waals surface area contributed by atoms with Crippen LogP contribution in [0.4, 0.5) is 5.69 Å². The van der Waals surface area contributed by atoms with E-state index in [0.717, 1.165) is 17.8 Å². The van der Waals surface area contributed by atoms with Crippen molar-refractivity contribution in [2.45, 2.75) is 19.9 Å². The molecule has 1 aromatic heterocycles. The topological polar surface area (TPSA) is 29.9 Å². The molecule has 0 atom stereocenters. The number of hydrogen-bond acceptors (Lipinski definition) is 2. The number of aromatic nitrogens is 2. The molecule has 108 valence electrons. The average Bonchev–Trinajstić information content (AvgIpc) is 2.67. The number of halogens is 4. The highest BCUT2D eigenvalue weighted by Crippen LogP contribution is 2.33. The van der Waals surface area contributed by atoms with Gasteiger partial charge in [-0.25, -0.2) is 0 Å². The Morgan fingerprint density at radius 3 is 2.35 bits per heavy atom. The first-order valence-corrected chi connectivity index (χ1v) is 7.53. The fourth-order valence-electron chi connectivity index (χ4n) is 1.85. The molecule has 0 saturated carbocycles. The van der Waals surface area contributed by atoms with Gasteiger partial charge in [0.2, 0.25) is 0 Å². The Hall–Kier alpha value is -0.610. The number of anilines is 1. The lowest BCUT2D eigenvalue weighted by Crippen LogP contribution is -2.06. The normalized spacial score (nSPS) is 10.9. The van der Waals surface area contributed by atoms with Crippen molar-refractivity contribution in [3.05, 3.63) is 43.6 Å². The van der Waals surface area contributed by atoms with Gasteiger partial charge in [-0.15, -0.1) is 0 Å². The first kappa shape index (κ1) is 15.8. The molecule has 2 aromatic rings. The molecule has 0 aliphatic rings. The van der Waals surface area contributed by atoms with Gasteiger partial charge in [-0.05, 0) is 18.6 Å². The van der Waals surface area contributed by atoms with Crippen LogP contribution < -0.4 is 5.32 Å². The standard InChI is InChI=1S/C13H13Cl4N3/c1-3-10-13(17)12(20(2)19-10)6-18-11-5-8(15)7(14)4-9(11)16/h4-5,18H,3,6H2,1-2H3. The highest BCUT2D eigenvalue weighted by Gasteiger charge is 2.13. The number of benzene rings is 1. The van der Waals surface area contributed by atoms with Gasteiger partial charge in [0.1, 0.15) is 0 Å². The maximum Gasteiger partial charge on any atom is 0.0868 e. The largest absolute Gasteiger partial charge is 0.378 e. The Morgan fingerprint density at radius 1 is 1.10 bits per heavy atom. The van der Waals surface area contributed by atoms with Gasteiger partial charge in [0.25, 0.3) is 0 Å². The molecule has 0 amide bonds. The minimum atomic E-state index is 0.425. The summed E-state index contributed by atoms with van der Waals surface area (Å²) in [5.74, 6) is 0. The lowest BCUT2D eigenvalue weighted by Gasteiger charge is -2.10. The Bertz CT molecular complexity index is 637. The SMILES string of the molecule is CCc1nn(C)c(CNc2cc(Cl)c(Cl)cc2Cl)c1Cl. The summed E-state index contributed by atoms with van der Waals surface area (Å²) in [7, 11) is 1.86. The number of aryl methyl sites for hydroxylation is 2. The molecule has 7 heteroatoms. The molecule has 1 aromatic carbocycles. The Kier molecular flexibility index (Phi) is 5.08. The molecule has 0 aliphatic carbocycles. The quantitative estimate of drug-likeness (QED) is 0.765. The van der Waals surface area contributed by atoms with Gasteiger partial charge in [-0.2, -0.15) is 5.10 Å². The summed E-state index contributed by atoms with van der Waals surface area (Å²) in [6, 6.07) is 3.30. The van der Waals surface area contributed by atoms with E-state index >= 15 is 0 Å². The molecule has 0 saturated heterocycles. The van der Waals surface area contributed by atoms with E-state index in [1.807, 2.05) is 14.0 Å². The van der Waals surface area contributed by atoms with Crippen LogP contribution in [0.2, 0.25) is 20.1 Å². The third-order valence-corrected chi connectivity index (χ3v) is 4.43. The molecule has 0 fully saturated rings. The smallest absolute Gasteiger partial charge is 0.0868 e. The third kappa shape index (κ3) is 3.17. The monoisotopic (exact) mass is 351 g/mol. The van der Waals surface area contributed by atoms with Crippen LogP contribution in [-0.2, 0) is 20.0 Å². The van der Waals surface area contributed by atoms with E-state index in [1.54, 1.807) is 16.8 Å². The van der Waals surface area contributed by atoms with Crippen molar-refractivity contribution >= 4 is 52.1 Å². The number of rotatable bonds is 4. The molecule has 1 N–H and O–H groups in total. The summed E-state index contributed by atoms with van der Waals surface area (Å²) in [4.78, 5) is 0. The maximum absolute atomic E-state index is 6.29. The molecule has 1 heterocycles. The van der Waals surface area contributed by atoms with Crippen molar-refractivity contribution in [1.82, 2.24) is 9.78 Å². The van der Waals surface area contributed by atoms with Crippen LogP contribution >= 0.6 is 46.4 Å². The highest BCUT2D eigenvalue weighted by atomic mass is 35.5. The predicted molar refractivity (Wildman–Crippen MR) is 86.4 cm³/mol. The van der Waals surface area contributed by atoms with E-state index < -0.39 is 0 Å². The minimum Gasteiger partial charge on any atom is -0.378 e. The van der Waals surface area contributed by atoms with E-state index in [0.29, 0.717) is 32.3 Å². The summed E-state index contributed by atoms with van der Waals surface area (Å²) >= 11 is 24.3. The van der Waals surface area contributed by atoms with E-state index in [2.05, 4.69) is 10.4 Å². The van der Waals surface area contributed by atoms with E-state index in [-0.39, 0.29) is 0 Å². The van der Waals surface area contributed by atoms with Crippen LogP contribution in [-0.4, -0.2) is 9.78 Å². The third-order valence-electron chi connectivity index (χ3n) is 2.96. The van der Waals surface area contributed by atoms with Gasteiger partial charge >= 0.3 is 0 Å². The van der Waals surface area contributed by atoms with Crippen molar-refractivity contribution in [1.29, 1.82) is 0 Å². The number of hydrogen-bond donors (Lipinski definition) is 1. The lowest BCUT2D eigenvalue weighted by atomic mass is 10.2. The van der Waals surface area contributed by atoms with Crippen LogP contribution in [0.3, 0.4) is 0 Å². The number of nitrogens with one attached hydrogen (secondary N) is 1. The molecular formula is C13H13Cl4N3. The van der Waals surface area contributed by atoms with Crippen LogP contribution in [0.25, 0.3) is 0 Å². The summed E-state index contributed by atoms with van der Waals surface area (Å²) < 4.78 is 1.76. The zero-order valence-corrected chi connectivity index (χ0v) is 14.0. The van der Waals surface area contributed by atoms with Crippen LogP contribution in [0, 0.1) is 0 Å². The van der Waals surface area contributed by atoms with Crippen molar-refractivity contribution < 1.29 is 0 Å². The Labute approximate surface area is 137 Å². The summed E-state index contributed by atoms with van der Waals surface area (Å²) in [5, 5.41) is 9.62. The van der Waals surface area contributed by atoms with Gasteiger partial charge in [-0.1, -0.05) is 53.3 Å². The van der Waals surface area contributed by atoms with Gasteiger partial charge < -0.3 is 5.32 Å². The Balaban J connectivity index is 2.21. The molecule has 20 heavy (non-hydrogen) atoms. The molecule has 0 aliphatic heterocycles. The van der Waals surface area contributed by atoms with Crippen LogP contribution in [0.5, 0.6) is 0 Å². The predicted octanol–water partition coefficient (Wildman–Crippen LogP) is 5.21. The van der Waals surface area contributed by atoms with Crippen molar-refractivity contribution in [2.75, 3.05) is 5.32 Å². The summed E-state index contributed by atoms with van der Waals surface area (Å²) in [6.45, 7) is 2.52. The van der Waals surface area contributed by atoms with Gasteiger partial charge in [0.15, 0.2) is 0 Å². The fourth-order valence-corrected chi connectivity index (χ4v) is 2.82. The highest BCUT2D eigenvalue weighted by molar-refractivity contribution is 6.44. The van der Waals surface area contributed by atoms with Gasteiger partial charge in [0.05, 0.1) is 43.7 Å². The molecular weight excluding hydrogens is 340 g/mol. The molecule has 0 radical (unpaired) electrons. The number of nitrogens with zero attached hydrogens (tertiary/aromatic N) is 2. The second-order valence-corrected chi connectivity index (χ2v) is 5.88. The second kappa shape index (κ2) is 6.44. The van der Waals surface area contributed by atoms with Crippen molar-refractivity contribution in [3.63, 3.8) is 0 Å². The van der Waals surface area contributed by atoms with E-state index in [9.17, 15) is 0 Å². The first-order chi connectivity index (χ1) is 9.43. The molecule has 0 unspecified atom stereocenters. The molecule has 3 nitrogen and oxygen atoms in total. The van der Waals surface area contributed by atoms with Crippen molar-refractivity contribution in [2.24, 2.45) is 7.05 Å². The molecule has 2 rings (SSSR count). The zero-order valence-electron chi connectivity index (χ0n) is 11.0. The van der Waals surface area contributed by atoms with Crippen LogP contribution in [0.15, 0.2) is 12.1 Å². The van der Waals surface area contributed by atoms with Crippen molar-refractivity contribution in [3.8, 4) is 0 Å². The second-order valence-electron chi connectivity index (χ2n) is 4.28. The first-order valence-electron chi connectivity index (χ1n) is 6.02. The Morgan fingerprint density at radius 2 is 1.75 bits per heavy atom. The zero-order chi connectivity index (χ0) is 14.9. The molecule has 0 spiro atoms. The maximum atomic E-state index is 6.29. The minimum absolute atomic E-state index is 0.425.